The van der Waals surface area contributed by atoms with Gasteiger partial charge in [0.25, 0.3) is 0 Å². The van der Waals surface area contributed by atoms with Gasteiger partial charge in [0.15, 0.2) is 0 Å². The minimum absolute atomic E-state index is 0.171. The van der Waals surface area contributed by atoms with Gasteiger partial charge in [-0.1, -0.05) is 0 Å². The molecule has 4 heteroatoms. The number of carbonyl (C=O) groups is 1. The van der Waals surface area contributed by atoms with E-state index in [0.29, 0.717) is 13.0 Å². The van der Waals surface area contributed by atoms with E-state index >= 15 is 0 Å². The van der Waals surface area contributed by atoms with Gasteiger partial charge < -0.3 is 16.2 Å². The Balaban J connectivity index is 2.10. The van der Waals surface area contributed by atoms with E-state index in [1.165, 1.54) is 0 Å². The van der Waals surface area contributed by atoms with Gasteiger partial charge in [-0.15, -0.1) is 0 Å². The largest absolute Gasteiger partial charge is 0.392 e. The average Bonchev–Trinajstić information content (AvgIpc) is 2.36. The molecule has 0 bridgehead atoms. The molecule has 4 N–H and O–H groups in total. The summed E-state index contributed by atoms with van der Waals surface area (Å²) < 4.78 is 0. The predicted octanol–water partition coefficient (Wildman–Crippen LogP) is -0.635. The van der Waals surface area contributed by atoms with Crippen LogP contribution in [0.2, 0.25) is 0 Å². The molecule has 1 aliphatic carbocycles. The summed E-state index contributed by atoms with van der Waals surface area (Å²) in [7, 11) is 0. The average molecular weight is 172 g/mol. The van der Waals surface area contributed by atoms with Crippen molar-refractivity contribution in [3.8, 4) is 0 Å². The van der Waals surface area contributed by atoms with Crippen molar-refractivity contribution in [2.24, 2.45) is 5.73 Å². The molecular formula is C8H16N2O2. The van der Waals surface area contributed by atoms with Gasteiger partial charge in [0.1, 0.15) is 0 Å². The Morgan fingerprint density at radius 2 is 2.33 bits per heavy atom. The second-order valence-electron chi connectivity index (χ2n) is 3.28. The van der Waals surface area contributed by atoms with Crippen molar-refractivity contribution in [3.63, 3.8) is 0 Å². The Labute approximate surface area is 72.1 Å². The fourth-order valence-corrected chi connectivity index (χ4v) is 1.56. The van der Waals surface area contributed by atoms with Crippen LogP contribution in [0.15, 0.2) is 0 Å². The Kier molecular flexibility index (Phi) is 3.49. The van der Waals surface area contributed by atoms with Crippen LogP contribution in [0.4, 0.5) is 0 Å². The minimum atomic E-state index is -0.296. The van der Waals surface area contributed by atoms with E-state index in [0.717, 1.165) is 19.3 Å². The van der Waals surface area contributed by atoms with Crippen LogP contribution >= 0.6 is 0 Å². The van der Waals surface area contributed by atoms with Crippen LogP contribution in [-0.4, -0.2) is 29.7 Å². The van der Waals surface area contributed by atoms with Crippen LogP contribution in [0.5, 0.6) is 0 Å². The molecule has 0 aromatic heterocycles. The number of amides is 1. The Bertz CT molecular complexity index is 161. The zero-order valence-corrected chi connectivity index (χ0v) is 7.12. The summed E-state index contributed by atoms with van der Waals surface area (Å²) in [4.78, 5) is 10.4. The highest BCUT2D eigenvalue weighted by Gasteiger charge is 2.23. The Morgan fingerprint density at radius 1 is 1.58 bits per heavy atom. The fraction of sp³-hybridized carbons (Fsp3) is 0.875. The fourth-order valence-electron chi connectivity index (χ4n) is 1.56. The van der Waals surface area contributed by atoms with Crippen LogP contribution < -0.4 is 11.1 Å². The molecule has 0 radical (unpaired) electrons. The normalized spacial score (nSPS) is 29.1. The van der Waals surface area contributed by atoms with Crippen LogP contribution in [-0.2, 0) is 4.79 Å². The molecule has 0 heterocycles. The number of rotatable bonds is 4. The number of primary amides is 1. The quantitative estimate of drug-likeness (QED) is 0.528. The summed E-state index contributed by atoms with van der Waals surface area (Å²) in [6, 6.07) is 0.171. The maximum absolute atomic E-state index is 10.4. The summed E-state index contributed by atoms with van der Waals surface area (Å²) >= 11 is 0. The second kappa shape index (κ2) is 4.42. The van der Waals surface area contributed by atoms with Crippen molar-refractivity contribution in [1.82, 2.24) is 5.32 Å². The molecule has 1 aliphatic rings. The molecule has 0 aliphatic heterocycles. The zero-order valence-electron chi connectivity index (χ0n) is 7.12. The predicted molar refractivity (Wildman–Crippen MR) is 45.5 cm³/mol. The first-order chi connectivity index (χ1) is 5.70. The van der Waals surface area contributed by atoms with Gasteiger partial charge in [-0.3, -0.25) is 4.79 Å². The molecule has 1 rings (SSSR count). The second-order valence-corrected chi connectivity index (χ2v) is 3.28. The van der Waals surface area contributed by atoms with Crippen molar-refractivity contribution in [3.05, 3.63) is 0 Å². The van der Waals surface area contributed by atoms with Gasteiger partial charge in [-0.25, -0.2) is 0 Å². The van der Waals surface area contributed by atoms with E-state index in [1.807, 2.05) is 0 Å². The topological polar surface area (TPSA) is 75.4 Å². The highest BCUT2D eigenvalue weighted by molar-refractivity contribution is 5.73. The molecular weight excluding hydrogens is 156 g/mol. The number of aliphatic hydroxyl groups is 1. The first kappa shape index (κ1) is 9.48. The standard InChI is InChI=1S/C8H16N2O2/c9-8(12)4-5-10-6-2-1-3-7(6)11/h6-7,10-11H,1-5H2,(H2,9,12)/t6-,7-/m0/s1. The van der Waals surface area contributed by atoms with Crippen LogP contribution in [0.25, 0.3) is 0 Å². The molecule has 0 saturated heterocycles. The molecule has 0 aromatic carbocycles. The smallest absolute Gasteiger partial charge is 0.218 e. The van der Waals surface area contributed by atoms with E-state index in [4.69, 9.17) is 5.73 Å². The maximum atomic E-state index is 10.4. The molecule has 4 nitrogen and oxygen atoms in total. The number of hydrogen-bond donors (Lipinski definition) is 3. The van der Waals surface area contributed by atoms with Crippen LogP contribution in [0, 0.1) is 0 Å². The van der Waals surface area contributed by atoms with Crippen LogP contribution in [0.1, 0.15) is 25.7 Å². The van der Waals surface area contributed by atoms with E-state index < -0.39 is 0 Å². The number of nitrogens with one attached hydrogen (secondary N) is 1. The number of hydrogen-bond acceptors (Lipinski definition) is 3. The van der Waals surface area contributed by atoms with Gasteiger partial charge in [0.05, 0.1) is 6.10 Å². The van der Waals surface area contributed by atoms with E-state index in [1.54, 1.807) is 0 Å². The zero-order chi connectivity index (χ0) is 8.97. The van der Waals surface area contributed by atoms with Gasteiger partial charge >= 0.3 is 0 Å². The molecule has 0 spiro atoms. The maximum Gasteiger partial charge on any atom is 0.218 e. The molecule has 1 fully saturated rings. The van der Waals surface area contributed by atoms with Gasteiger partial charge in [0, 0.05) is 19.0 Å². The molecule has 70 valence electrons. The summed E-state index contributed by atoms with van der Waals surface area (Å²) in [5, 5.41) is 12.5. The Morgan fingerprint density at radius 3 is 2.83 bits per heavy atom. The van der Waals surface area contributed by atoms with Crippen molar-refractivity contribution >= 4 is 5.91 Å². The minimum Gasteiger partial charge on any atom is -0.392 e. The lowest BCUT2D eigenvalue weighted by Gasteiger charge is -2.15. The van der Waals surface area contributed by atoms with Gasteiger partial charge in [0.2, 0.25) is 5.91 Å². The third-order valence-corrected chi connectivity index (χ3v) is 2.26. The lowest BCUT2D eigenvalue weighted by atomic mass is 10.2. The molecule has 12 heavy (non-hydrogen) atoms. The Hall–Kier alpha value is -0.610. The number of nitrogens with two attached hydrogens (primary N) is 1. The van der Waals surface area contributed by atoms with Gasteiger partial charge in [-0.2, -0.15) is 0 Å². The first-order valence-corrected chi connectivity index (χ1v) is 4.40. The highest BCUT2D eigenvalue weighted by Crippen LogP contribution is 2.18. The number of aliphatic hydroxyl groups excluding tert-OH is 1. The third-order valence-electron chi connectivity index (χ3n) is 2.26. The van der Waals surface area contributed by atoms with E-state index in [2.05, 4.69) is 5.32 Å². The molecule has 1 amide bonds. The lowest BCUT2D eigenvalue weighted by Crippen LogP contribution is -2.37. The molecule has 0 unspecified atom stereocenters. The molecule has 0 aromatic rings. The van der Waals surface area contributed by atoms with Crippen molar-refractivity contribution in [2.45, 2.75) is 37.8 Å². The first-order valence-electron chi connectivity index (χ1n) is 4.40. The van der Waals surface area contributed by atoms with E-state index in [9.17, 15) is 9.90 Å². The summed E-state index contributed by atoms with van der Waals surface area (Å²) in [6.45, 7) is 0.580. The summed E-state index contributed by atoms with van der Waals surface area (Å²) in [5.41, 5.74) is 4.97. The summed E-state index contributed by atoms with van der Waals surface area (Å²) in [6.07, 6.45) is 3.05. The summed E-state index contributed by atoms with van der Waals surface area (Å²) in [5.74, 6) is -0.296. The monoisotopic (exact) mass is 172 g/mol. The third kappa shape index (κ3) is 2.79. The molecule has 1 saturated carbocycles. The lowest BCUT2D eigenvalue weighted by molar-refractivity contribution is -0.117. The van der Waals surface area contributed by atoms with E-state index in [-0.39, 0.29) is 18.1 Å². The highest BCUT2D eigenvalue weighted by atomic mass is 16.3. The van der Waals surface area contributed by atoms with Gasteiger partial charge in [-0.05, 0) is 19.3 Å². The van der Waals surface area contributed by atoms with Crippen LogP contribution in [0.3, 0.4) is 0 Å². The SMILES string of the molecule is NC(=O)CCN[C@H]1CCC[C@@H]1O. The van der Waals surface area contributed by atoms with Crippen molar-refractivity contribution in [2.75, 3.05) is 6.54 Å². The molecule has 2 atom stereocenters. The number of carbonyl (C=O) groups excluding carboxylic acids is 1. The van der Waals surface area contributed by atoms with Crippen molar-refractivity contribution < 1.29 is 9.90 Å². The van der Waals surface area contributed by atoms with Crippen molar-refractivity contribution in [1.29, 1.82) is 0 Å².